The first kappa shape index (κ1) is 15.5. The van der Waals surface area contributed by atoms with E-state index < -0.39 is 12.0 Å². The predicted octanol–water partition coefficient (Wildman–Crippen LogP) is 2.26. The fraction of sp³-hybridized carbons (Fsp3) is 0.385. The molecule has 2 N–H and O–H groups in total. The molecular weight excluding hydrogens is 268 g/mol. The van der Waals surface area contributed by atoms with Gasteiger partial charge in [0.2, 0.25) is 5.91 Å². The molecule has 0 heterocycles. The maximum Gasteiger partial charge on any atom is 0.413 e. The minimum atomic E-state index is -0.736. The van der Waals surface area contributed by atoms with E-state index in [1.54, 1.807) is 13.0 Å². The molecule has 0 aliphatic heterocycles. The molecule has 1 atom stereocenters. The molecule has 6 heteroatoms. The Labute approximate surface area is 117 Å². The van der Waals surface area contributed by atoms with Crippen LogP contribution in [-0.2, 0) is 9.53 Å². The molecule has 0 unspecified atom stereocenters. The zero-order valence-corrected chi connectivity index (χ0v) is 11.7. The zero-order valence-electron chi connectivity index (χ0n) is 10.9. The van der Waals surface area contributed by atoms with Crippen molar-refractivity contribution in [3.8, 4) is 0 Å². The standard InChI is InChI=1S/C13H17ClN2O3/c1-3-19-13(18)16-12(17)8-15-9(2)10-6-4-5-7-11(10)14/h4-7,9,15H,3,8H2,1-2H3,(H,16,17,18)/t9-/m0/s1. The molecule has 0 fully saturated rings. The number of benzene rings is 1. The molecule has 0 aliphatic rings. The van der Waals surface area contributed by atoms with Crippen molar-refractivity contribution in [1.82, 2.24) is 10.6 Å². The molecule has 1 aromatic rings. The third kappa shape index (κ3) is 5.28. The quantitative estimate of drug-likeness (QED) is 0.870. The van der Waals surface area contributed by atoms with Crippen molar-refractivity contribution in [3.05, 3.63) is 34.9 Å². The summed E-state index contributed by atoms with van der Waals surface area (Å²) in [4.78, 5) is 22.5. The van der Waals surface area contributed by atoms with Gasteiger partial charge in [0.25, 0.3) is 0 Å². The average Bonchev–Trinajstić information content (AvgIpc) is 2.36. The van der Waals surface area contributed by atoms with E-state index in [4.69, 9.17) is 11.6 Å². The van der Waals surface area contributed by atoms with Crippen LogP contribution in [-0.4, -0.2) is 25.2 Å². The smallest absolute Gasteiger partial charge is 0.413 e. The van der Waals surface area contributed by atoms with Gasteiger partial charge in [0.15, 0.2) is 0 Å². The maximum atomic E-state index is 11.4. The molecule has 104 valence electrons. The van der Waals surface area contributed by atoms with Crippen LogP contribution in [0.5, 0.6) is 0 Å². The Morgan fingerprint density at radius 2 is 2.05 bits per heavy atom. The van der Waals surface area contributed by atoms with Crippen LogP contribution in [0.1, 0.15) is 25.5 Å². The molecule has 19 heavy (non-hydrogen) atoms. The second kappa shape index (κ2) is 7.76. The van der Waals surface area contributed by atoms with E-state index in [1.807, 2.05) is 25.1 Å². The van der Waals surface area contributed by atoms with Gasteiger partial charge in [0, 0.05) is 11.1 Å². The zero-order chi connectivity index (χ0) is 14.3. The Morgan fingerprint density at radius 3 is 2.68 bits per heavy atom. The summed E-state index contributed by atoms with van der Waals surface area (Å²) in [5.74, 6) is -0.447. The molecular formula is C13H17ClN2O3. The highest BCUT2D eigenvalue weighted by molar-refractivity contribution is 6.31. The first-order valence-electron chi connectivity index (χ1n) is 5.99. The number of imide groups is 1. The average molecular weight is 285 g/mol. The van der Waals surface area contributed by atoms with Gasteiger partial charge in [0.1, 0.15) is 0 Å². The van der Waals surface area contributed by atoms with Crippen LogP contribution in [0.25, 0.3) is 0 Å². The van der Waals surface area contributed by atoms with Crippen LogP contribution in [0.15, 0.2) is 24.3 Å². The van der Waals surface area contributed by atoms with Gasteiger partial charge >= 0.3 is 6.09 Å². The Hall–Kier alpha value is -1.59. The number of ether oxygens (including phenoxy) is 1. The Bertz CT molecular complexity index is 451. The Balaban J connectivity index is 2.42. The van der Waals surface area contributed by atoms with Gasteiger partial charge in [-0.3, -0.25) is 10.1 Å². The van der Waals surface area contributed by atoms with Gasteiger partial charge in [-0.15, -0.1) is 0 Å². The molecule has 0 saturated carbocycles. The van der Waals surface area contributed by atoms with Crippen LogP contribution in [0.4, 0.5) is 4.79 Å². The number of amides is 2. The van der Waals surface area contributed by atoms with Crippen LogP contribution in [0.2, 0.25) is 5.02 Å². The fourth-order valence-electron chi connectivity index (χ4n) is 1.51. The highest BCUT2D eigenvalue weighted by Gasteiger charge is 2.12. The topological polar surface area (TPSA) is 67.4 Å². The summed E-state index contributed by atoms with van der Waals surface area (Å²) in [6.45, 7) is 3.79. The van der Waals surface area contributed by atoms with Gasteiger partial charge in [-0.25, -0.2) is 4.79 Å². The monoisotopic (exact) mass is 284 g/mol. The third-order valence-corrected chi connectivity index (χ3v) is 2.80. The van der Waals surface area contributed by atoms with Gasteiger partial charge < -0.3 is 10.1 Å². The lowest BCUT2D eigenvalue weighted by atomic mass is 10.1. The minimum absolute atomic E-state index is 0.00516. The lowest BCUT2D eigenvalue weighted by Gasteiger charge is -2.15. The molecule has 0 spiro atoms. The van der Waals surface area contributed by atoms with Crippen molar-refractivity contribution in [1.29, 1.82) is 0 Å². The van der Waals surface area contributed by atoms with E-state index in [1.165, 1.54) is 0 Å². The van der Waals surface area contributed by atoms with Crippen molar-refractivity contribution < 1.29 is 14.3 Å². The van der Waals surface area contributed by atoms with Crippen molar-refractivity contribution in [3.63, 3.8) is 0 Å². The van der Waals surface area contributed by atoms with Crippen LogP contribution >= 0.6 is 11.6 Å². The van der Waals surface area contributed by atoms with E-state index in [9.17, 15) is 9.59 Å². The first-order chi connectivity index (χ1) is 9.04. The summed E-state index contributed by atoms with van der Waals surface area (Å²) in [5, 5.41) is 5.72. The number of hydrogen-bond acceptors (Lipinski definition) is 4. The lowest BCUT2D eigenvalue weighted by Crippen LogP contribution is -2.38. The predicted molar refractivity (Wildman–Crippen MR) is 73.0 cm³/mol. The molecule has 0 aliphatic carbocycles. The minimum Gasteiger partial charge on any atom is -0.450 e. The molecule has 0 aromatic heterocycles. The second-order valence-corrected chi connectivity index (χ2v) is 4.30. The van der Waals surface area contributed by atoms with E-state index in [0.717, 1.165) is 5.56 Å². The largest absolute Gasteiger partial charge is 0.450 e. The number of rotatable bonds is 5. The van der Waals surface area contributed by atoms with E-state index >= 15 is 0 Å². The SMILES string of the molecule is CCOC(=O)NC(=O)CN[C@@H](C)c1ccccc1Cl. The molecule has 5 nitrogen and oxygen atoms in total. The van der Waals surface area contributed by atoms with E-state index in [2.05, 4.69) is 15.4 Å². The van der Waals surface area contributed by atoms with Gasteiger partial charge in [-0.2, -0.15) is 0 Å². The molecule has 0 bridgehead atoms. The highest BCUT2D eigenvalue weighted by atomic mass is 35.5. The summed E-state index contributed by atoms with van der Waals surface area (Å²) in [6.07, 6.45) is -0.736. The number of carbonyl (C=O) groups excluding carboxylic acids is 2. The van der Waals surface area contributed by atoms with Gasteiger partial charge in [0.05, 0.1) is 13.2 Å². The van der Waals surface area contributed by atoms with Crippen LogP contribution in [0, 0.1) is 0 Å². The van der Waals surface area contributed by atoms with E-state index in [-0.39, 0.29) is 19.2 Å². The summed E-state index contributed by atoms with van der Waals surface area (Å²) in [5.41, 5.74) is 0.896. The molecule has 0 radical (unpaired) electrons. The maximum absolute atomic E-state index is 11.4. The lowest BCUT2D eigenvalue weighted by molar-refractivity contribution is -0.119. The van der Waals surface area contributed by atoms with Gasteiger partial charge in [-0.05, 0) is 25.5 Å². The first-order valence-corrected chi connectivity index (χ1v) is 6.36. The number of alkyl carbamates (subject to hydrolysis) is 1. The summed E-state index contributed by atoms with van der Waals surface area (Å²) in [7, 11) is 0. The molecule has 0 saturated heterocycles. The third-order valence-electron chi connectivity index (χ3n) is 2.46. The van der Waals surface area contributed by atoms with Crippen molar-refractivity contribution in [2.24, 2.45) is 0 Å². The summed E-state index contributed by atoms with van der Waals surface area (Å²) in [6, 6.07) is 7.28. The fourth-order valence-corrected chi connectivity index (χ4v) is 1.81. The van der Waals surface area contributed by atoms with Crippen LogP contribution in [0.3, 0.4) is 0 Å². The Kier molecular flexibility index (Phi) is 6.32. The van der Waals surface area contributed by atoms with Crippen molar-refractivity contribution in [2.75, 3.05) is 13.2 Å². The highest BCUT2D eigenvalue weighted by Crippen LogP contribution is 2.21. The van der Waals surface area contributed by atoms with Crippen LogP contribution < -0.4 is 10.6 Å². The molecule has 2 amide bonds. The number of nitrogens with one attached hydrogen (secondary N) is 2. The number of carbonyl (C=O) groups is 2. The van der Waals surface area contributed by atoms with Crippen molar-refractivity contribution >= 4 is 23.6 Å². The van der Waals surface area contributed by atoms with Crippen molar-refractivity contribution in [2.45, 2.75) is 19.9 Å². The number of halogens is 1. The molecule has 1 rings (SSSR count). The summed E-state index contributed by atoms with van der Waals surface area (Å²) < 4.78 is 4.60. The molecule has 1 aromatic carbocycles. The van der Waals surface area contributed by atoms with E-state index in [0.29, 0.717) is 5.02 Å². The van der Waals surface area contributed by atoms with Gasteiger partial charge in [-0.1, -0.05) is 29.8 Å². The summed E-state index contributed by atoms with van der Waals surface area (Å²) >= 11 is 6.05. The number of hydrogen-bond donors (Lipinski definition) is 2. The normalized spacial score (nSPS) is 11.7. The second-order valence-electron chi connectivity index (χ2n) is 3.89. The Morgan fingerprint density at radius 1 is 1.37 bits per heavy atom.